The van der Waals surface area contributed by atoms with Crippen LogP contribution in [0.15, 0.2) is 0 Å². The molecule has 13 heavy (non-hydrogen) atoms. The third-order valence-corrected chi connectivity index (χ3v) is 2.62. The van der Waals surface area contributed by atoms with Crippen molar-refractivity contribution >= 4 is 0 Å². The Labute approximate surface area is 83.3 Å². The number of nitrogens with two attached hydrogens (primary N) is 1. The predicted octanol–water partition coefficient (Wildman–Crippen LogP) is 2.14. The van der Waals surface area contributed by atoms with Crippen molar-refractivity contribution in [3.63, 3.8) is 0 Å². The van der Waals surface area contributed by atoms with Crippen LogP contribution >= 0.6 is 0 Å². The predicted molar refractivity (Wildman–Crippen MR) is 59.8 cm³/mol. The quantitative estimate of drug-likeness (QED) is 0.570. The zero-order valence-electron chi connectivity index (χ0n) is 9.53. The fourth-order valence-electron chi connectivity index (χ4n) is 1.12. The van der Waals surface area contributed by atoms with Gasteiger partial charge in [0, 0.05) is 6.54 Å². The minimum atomic E-state index is 0.452. The Morgan fingerprint density at radius 1 is 1.15 bits per heavy atom. The molecule has 80 valence electrons. The van der Waals surface area contributed by atoms with Gasteiger partial charge >= 0.3 is 0 Å². The number of rotatable bonds is 8. The van der Waals surface area contributed by atoms with Gasteiger partial charge in [-0.2, -0.15) is 0 Å². The maximum absolute atomic E-state index is 5.41. The Balaban J connectivity index is 3.16. The first-order valence-corrected chi connectivity index (χ1v) is 5.53. The largest absolute Gasteiger partial charge is 0.330 e. The first-order chi connectivity index (χ1) is 6.12. The molecule has 0 heterocycles. The van der Waals surface area contributed by atoms with Crippen molar-refractivity contribution < 1.29 is 0 Å². The van der Waals surface area contributed by atoms with Gasteiger partial charge in [0.1, 0.15) is 0 Å². The van der Waals surface area contributed by atoms with Crippen molar-refractivity contribution in [2.45, 2.75) is 46.5 Å². The summed E-state index contributed by atoms with van der Waals surface area (Å²) in [6, 6.07) is 0. The van der Waals surface area contributed by atoms with Gasteiger partial charge in [-0.15, -0.1) is 0 Å². The summed E-state index contributed by atoms with van der Waals surface area (Å²) < 4.78 is 0. The van der Waals surface area contributed by atoms with Crippen LogP contribution in [0.3, 0.4) is 0 Å². The second-order valence-corrected chi connectivity index (χ2v) is 4.54. The molecule has 0 aromatic carbocycles. The van der Waals surface area contributed by atoms with Gasteiger partial charge in [0.2, 0.25) is 0 Å². The summed E-state index contributed by atoms with van der Waals surface area (Å²) in [5.74, 6) is 0. The normalized spacial score (nSPS) is 12.0. The molecule has 0 aliphatic carbocycles. The van der Waals surface area contributed by atoms with Crippen LogP contribution in [0.1, 0.15) is 46.5 Å². The van der Waals surface area contributed by atoms with Gasteiger partial charge < -0.3 is 11.1 Å². The van der Waals surface area contributed by atoms with Crippen molar-refractivity contribution in [2.24, 2.45) is 11.1 Å². The van der Waals surface area contributed by atoms with Crippen LogP contribution in [-0.4, -0.2) is 19.6 Å². The molecule has 0 aromatic heterocycles. The maximum atomic E-state index is 5.41. The van der Waals surface area contributed by atoms with Gasteiger partial charge in [0.15, 0.2) is 0 Å². The third kappa shape index (κ3) is 8.26. The van der Waals surface area contributed by atoms with Crippen molar-refractivity contribution in [1.82, 2.24) is 5.32 Å². The number of hydrogen-bond donors (Lipinski definition) is 2. The Morgan fingerprint density at radius 2 is 1.85 bits per heavy atom. The van der Waals surface area contributed by atoms with Gasteiger partial charge in [0.25, 0.3) is 0 Å². The molecular weight excluding hydrogens is 160 g/mol. The SMILES string of the molecule is CCC(C)(C)CNCCCCCN. The summed E-state index contributed by atoms with van der Waals surface area (Å²) in [7, 11) is 0. The van der Waals surface area contributed by atoms with Crippen molar-refractivity contribution in [2.75, 3.05) is 19.6 Å². The van der Waals surface area contributed by atoms with Gasteiger partial charge in [-0.3, -0.25) is 0 Å². The van der Waals surface area contributed by atoms with Crippen LogP contribution in [-0.2, 0) is 0 Å². The van der Waals surface area contributed by atoms with Gasteiger partial charge in [-0.1, -0.05) is 27.2 Å². The lowest BCUT2D eigenvalue weighted by molar-refractivity contribution is 0.327. The highest BCUT2D eigenvalue weighted by molar-refractivity contribution is 4.68. The summed E-state index contributed by atoms with van der Waals surface area (Å²) in [6.07, 6.45) is 4.93. The highest BCUT2D eigenvalue weighted by Crippen LogP contribution is 2.17. The molecule has 0 spiro atoms. The van der Waals surface area contributed by atoms with Gasteiger partial charge in [-0.25, -0.2) is 0 Å². The van der Waals surface area contributed by atoms with Crippen LogP contribution in [0, 0.1) is 5.41 Å². The first kappa shape index (κ1) is 12.9. The summed E-state index contributed by atoms with van der Waals surface area (Å²) in [5, 5.41) is 3.49. The van der Waals surface area contributed by atoms with Crippen molar-refractivity contribution in [3.05, 3.63) is 0 Å². The second kappa shape index (κ2) is 7.34. The highest BCUT2D eigenvalue weighted by Gasteiger charge is 2.13. The van der Waals surface area contributed by atoms with E-state index in [4.69, 9.17) is 5.73 Å². The molecule has 0 aliphatic rings. The highest BCUT2D eigenvalue weighted by atomic mass is 14.9. The smallest absolute Gasteiger partial charge is 0.000241 e. The zero-order chi connectivity index (χ0) is 10.2. The van der Waals surface area contributed by atoms with E-state index in [9.17, 15) is 0 Å². The number of hydrogen-bond acceptors (Lipinski definition) is 2. The van der Waals surface area contributed by atoms with Crippen molar-refractivity contribution in [1.29, 1.82) is 0 Å². The van der Waals surface area contributed by atoms with E-state index in [2.05, 4.69) is 26.1 Å². The van der Waals surface area contributed by atoms with E-state index in [1.165, 1.54) is 25.7 Å². The maximum Gasteiger partial charge on any atom is 0.000241 e. The molecule has 3 N–H and O–H groups in total. The monoisotopic (exact) mass is 186 g/mol. The molecule has 0 atom stereocenters. The fourth-order valence-corrected chi connectivity index (χ4v) is 1.12. The Bertz CT molecular complexity index is 111. The van der Waals surface area contributed by atoms with E-state index in [1.807, 2.05) is 0 Å². The van der Waals surface area contributed by atoms with Crippen LogP contribution < -0.4 is 11.1 Å². The summed E-state index contributed by atoms with van der Waals surface area (Å²) in [4.78, 5) is 0. The lowest BCUT2D eigenvalue weighted by Crippen LogP contribution is -2.29. The Hall–Kier alpha value is -0.0800. The third-order valence-electron chi connectivity index (χ3n) is 2.62. The first-order valence-electron chi connectivity index (χ1n) is 5.53. The van der Waals surface area contributed by atoms with E-state index >= 15 is 0 Å². The molecule has 0 bridgehead atoms. The van der Waals surface area contributed by atoms with Gasteiger partial charge in [0.05, 0.1) is 0 Å². The molecule has 2 heteroatoms. The zero-order valence-corrected chi connectivity index (χ0v) is 9.53. The number of nitrogens with one attached hydrogen (secondary N) is 1. The fraction of sp³-hybridized carbons (Fsp3) is 1.00. The Kier molecular flexibility index (Phi) is 7.29. The van der Waals surface area contributed by atoms with E-state index in [0.29, 0.717) is 5.41 Å². The summed E-state index contributed by atoms with van der Waals surface area (Å²) in [6.45, 7) is 9.96. The molecule has 0 aliphatic heterocycles. The van der Waals surface area contributed by atoms with E-state index < -0.39 is 0 Å². The molecule has 0 fully saturated rings. The minimum absolute atomic E-state index is 0.452. The average Bonchev–Trinajstić information content (AvgIpc) is 2.11. The van der Waals surface area contributed by atoms with E-state index in [1.54, 1.807) is 0 Å². The molecular formula is C11H26N2. The van der Waals surface area contributed by atoms with Crippen LogP contribution in [0.2, 0.25) is 0 Å². The molecule has 0 amide bonds. The average molecular weight is 186 g/mol. The van der Waals surface area contributed by atoms with Crippen molar-refractivity contribution in [3.8, 4) is 0 Å². The molecule has 0 saturated carbocycles. The standard InChI is InChI=1S/C11H26N2/c1-4-11(2,3)10-13-9-7-5-6-8-12/h13H,4-10,12H2,1-3H3. The summed E-state index contributed by atoms with van der Waals surface area (Å²) in [5.41, 5.74) is 5.87. The van der Waals surface area contributed by atoms with E-state index in [-0.39, 0.29) is 0 Å². The molecule has 0 rings (SSSR count). The topological polar surface area (TPSA) is 38.0 Å². The molecule has 0 unspecified atom stereocenters. The van der Waals surface area contributed by atoms with E-state index in [0.717, 1.165) is 19.6 Å². The number of unbranched alkanes of at least 4 members (excludes halogenated alkanes) is 2. The lowest BCUT2D eigenvalue weighted by Gasteiger charge is -2.22. The van der Waals surface area contributed by atoms with Crippen LogP contribution in [0.25, 0.3) is 0 Å². The van der Waals surface area contributed by atoms with Gasteiger partial charge in [-0.05, 0) is 37.8 Å². The lowest BCUT2D eigenvalue weighted by atomic mass is 9.90. The molecule has 0 radical (unpaired) electrons. The molecule has 2 nitrogen and oxygen atoms in total. The van der Waals surface area contributed by atoms with Crippen LogP contribution in [0.5, 0.6) is 0 Å². The van der Waals surface area contributed by atoms with Crippen LogP contribution in [0.4, 0.5) is 0 Å². The minimum Gasteiger partial charge on any atom is -0.330 e. The summed E-state index contributed by atoms with van der Waals surface area (Å²) >= 11 is 0. The molecule has 0 aromatic rings. The second-order valence-electron chi connectivity index (χ2n) is 4.54. The molecule has 0 saturated heterocycles. The Morgan fingerprint density at radius 3 is 2.38 bits per heavy atom.